The van der Waals surface area contributed by atoms with Gasteiger partial charge in [0.25, 0.3) is 0 Å². The highest BCUT2D eigenvalue weighted by Crippen LogP contribution is 2.28. The molecule has 2 fully saturated rings. The van der Waals surface area contributed by atoms with Gasteiger partial charge >= 0.3 is 0 Å². The molecule has 1 heterocycles. The molecular formula is C15H28N2O. The van der Waals surface area contributed by atoms with E-state index in [4.69, 9.17) is 0 Å². The van der Waals surface area contributed by atoms with E-state index in [9.17, 15) is 4.79 Å². The molecule has 0 aromatic rings. The van der Waals surface area contributed by atoms with Gasteiger partial charge in [0.15, 0.2) is 0 Å². The molecule has 0 unspecified atom stereocenters. The molecule has 0 atom stereocenters. The lowest BCUT2D eigenvalue weighted by Crippen LogP contribution is -2.46. The van der Waals surface area contributed by atoms with Crippen LogP contribution >= 0.6 is 0 Å². The van der Waals surface area contributed by atoms with Gasteiger partial charge in [-0.15, -0.1) is 0 Å². The molecular weight excluding hydrogens is 224 g/mol. The average molecular weight is 252 g/mol. The number of nitrogens with one attached hydrogen (secondary N) is 2. The molecule has 104 valence electrons. The fourth-order valence-corrected chi connectivity index (χ4v) is 3.28. The molecule has 0 aromatic heterocycles. The van der Waals surface area contributed by atoms with Crippen molar-refractivity contribution in [2.75, 3.05) is 19.6 Å². The maximum atomic E-state index is 12.2. The van der Waals surface area contributed by atoms with E-state index in [-0.39, 0.29) is 11.3 Å². The maximum Gasteiger partial charge on any atom is 0.226 e. The van der Waals surface area contributed by atoms with Crippen LogP contribution in [0.3, 0.4) is 0 Å². The quantitative estimate of drug-likeness (QED) is 0.807. The van der Waals surface area contributed by atoms with Gasteiger partial charge in [0, 0.05) is 12.0 Å². The number of amides is 1. The fourth-order valence-electron chi connectivity index (χ4n) is 3.28. The van der Waals surface area contributed by atoms with Gasteiger partial charge in [-0.2, -0.15) is 0 Å². The van der Waals surface area contributed by atoms with Crippen molar-refractivity contribution in [3.05, 3.63) is 0 Å². The Bertz CT molecular complexity index is 266. The van der Waals surface area contributed by atoms with E-state index in [1.54, 1.807) is 0 Å². The number of rotatable bonds is 4. The van der Waals surface area contributed by atoms with E-state index in [0.717, 1.165) is 38.4 Å². The smallest absolute Gasteiger partial charge is 0.226 e. The summed E-state index contributed by atoms with van der Waals surface area (Å²) in [6.07, 6.45) is 10.1. The van der Waals surface area contributed by atoms with Crippen molar-refractivity contribution >= 4 is 5.91 Å². The van der Waals surface area contributed by atoms with Crippen molar-refractivity contribution in [1.82, 2.24) is 10.6 Å². The average Bonchev–Trinajstić information content (AvgIpc) is 2.41. The van der Waals surface area contributed by atoms with Gasteiger partial charge in [0.1, 0.15) is 0 Å². The van der Waals surface area contributed by atoms with Crippen LogP contribution in [0.15, 0.2) is 0 Å². The van der Waals surface area contributed by atoms with Crippen LogP contribution in [-0.2, 0) is 4.79 Å². The molecule has 0 bridgehead atoms. The molecule has 1 amide bonds. The van der Waals surface area contributed by atoms with Crippen molar-refractivity contribution in [1.29, 1.82) is 0 Å². The number of hydrogen-bond donors (Lipinski definition) is 2. The maximum absolute atomic E-state index is 12.2. The van der Waals surface area contributed by atoms with Crippen molar-refractivity contribution in [2.24, 2.45) is 11.3 Å². The highest BCUT2D eigenvalue weighted by molar-refractivity contribution is 5.82. The summed E-state index contributed by atoms with van der Waals surface area (Å²) in [7, 11) is 0. The minimum Gasteiger partial charge on any atom is -0.356 e. The normalized spacial score (nSPS) is 24.7. The third-order valence-corrected chi connectivity index (χ3v) is 4.82. The lowest BCUT2D eigenvalue weighted by atomic mass is 9.80. The predicted octanol–water partition coefficient (Wildman–Crippen LogP) is 2.46. The second-order valence-electron chi connectivity index (χ2n) is 6.36. The Morgan fingerprint density at radius 1 is 1.22 bits per heavy atom. The summed E-state index contributed by atoms with van der Waals surface area (Å²) in [5, 5.41) is 6.50. The number of piperidine rings is 1. The lowest BCUT2D eigenvalue weighted by molar-refractivity contribution is -0.131. The van der Waals surface area contributed by atoms with Gasteiger partial charge in [-0.05, 0) is 38.3 Å². The van der Waals surface area contributed by atoms with E-state index in [0.29, 0.717) is 0 Å². The molecule has 1 aliphatic heterocycles. The van der Waals surface area contributed by atoms with E-state index < -0.39 is 0 Å². The molecule has 0 aromatic carbocycles. The van der Waals surface area contributed by atoms with Crippen LogP contribution in [0.5, 0.6) is 0 Å². The van der Waals surface area contributed by atoms with Crippen LogP contribution in [0.25, 0.3) is 0 Å². The zero-order valence-electron chi connectivity index (χ0n) is 11.8. The zero-order valence-corrected chi connectivity index (χ0v) is 11.8. The summed E-state index contributed by atoms with van der Waals surface area (Å²) in [5.41, 5.74) is -0.127. The van der Waals surface area contributed by atoms with Crippen molar-refractivity contribution < 1.29 is 4.79 Å². The number of hydrogen-bond acceptors (Lipinski definition) is 2. The molecule has 2 N–H and O–H groups in total. The summed E-state index contributed by atoms with van der Waals surface area (Å²) in [5.74, 6) is 1.14. The Kier molecular flexibility index (Phi) is 5.04. The van der Waals surface area contributed by atoms with Crippen molar-refractivity contribution in [3.8, 4) is 0 Å². The SMILES string of the molecule is CC1(C(=O)NCCC2CCCCC2)CCNCC1. The first-order valence-corrected chi connectivity index (χ1v) is 7.70. The summed E-state index contributed by atoms with van der Waals surface area (Å²) < 4.78 is 0. The zero-order chi connectivity index (χ0) is 12.8. The number of carbonyl (C=O) groups excluding carboxylic acids is 1. The first-order valence-electron chi connectivity index (χ1n) is 7.70. The van der Waals surface area contributed by atoms with Crippen LogP contribution in [0.4, 0.5) is 0 Å². The first kappa shape index (κ1) is 13.9. The van der Waals surface area contributed by atoms with E-state index in [1.165, 1.54) is 38.5 Å². The second-order valence-corrected chi connectivity index (χ2v) is 6.36. The van der Waals surface area contributed by atoms with Gasteiger partial charge in [0.2, 0.25) is 5.91 Å². The molecule has 0 radical (unpaired) electrons. The Balaban J connectivity index is 1.67. The van der Waals surface area contributed by atoms with E-state index in [1.807, 2.05) is 0 Å². The second kappa shape index (κ2) is 6.55. The molecule has 3 nitrogen and oxygen atoms in total. The third kappa shape index (κ3) is 3.71. The minimum absolute atomic E-state index is 0.127. The molecule has 1 saturated carbocycles. The van der Waals surface area contributed by atoms with Gasteiger partial charge in [-0.25, -0.2) is 0 Å². The topological polar surface area (TPSA) is 41.1 Å². The van der Waals surface area contributed by atoms with Crippen molar-refractivity contribution in [2.45, 2.75) is 58.3 Å². The van der Waals surface area contributed by atoms with E-state index >= 15 is 0 Å². The summed E-state index contributed by atoms with van der Waals surface area (Å²) >= 11 is 0. The van der Waals surface area contributed by atoms with Crippen LogP contribution in [0.2, 0.25) is 0 Å². The van der Waals surface area contributed by atoms with Gasteiger partial charge in [-0.3, -0.25) is 4.79 Å². The molecule has 0 spiro atoms. The van der Waals surface area contributed by atoms with Gasteiger partial charge in [0.05, 0.1) is 0 Å². The highest BCUT2D eigenvalue weighted by atomic mass is 16.2. The van der Waals surface area contributed by atoms with E-state index in [2.05, 4.69) is 17.6 Å². The van der Waals surface area contributed by atoms with Crippen LogP contribution in [0.1, 0.15) is 58.3 Å². The first-order chi connectivity index (χ1) is 8.71. The predicted molar refractivity (Wildman–Crippen MR) is 74.4 cm³/mol. The molecule has 2 aliphatic rings. The molecule has 2 rings (SSSR count). The molecule has 3 heteroatoms. The van der Waals surface area contributed by atoms with Gasteiger partial charge < -0.3 is 10.6 Å². The Hall–Kier alpha value is -0.570. The van der Waals surface area contributed by atoms with Crippen LogP contribution in [-0.4, -0.2) is 25.5 Å². The van der Waals surface area contributed by atoms with Gasteiger partial charge in [-0.1, -0.05) is 39.0 Å². The largest absolute Gasteiger partial charge is 0.356 e. The monoisotopic (exact) mass is 252 g/mol. The van der Waals surface area contributed by atoms with Crippen LogP contribution in [0, 0.1) is 11.3 Å². The molecule has 18 heavy (non-hydrogen) atoms. The Morgan fingerprint density at radius 2 is 1.89 bits per heavy atom. The standard InChI is InChI=1S/C15H28N2O/c1-15(8-11-16-12-9-15)14(18)17-10-7-13-5-3-2-4-6-13/h13,16H,2-12H2,1H3,(H,17,18). The van der Waals surface area contributed by atoms with Crippen LogP contribution < -0.4 is 10.6 Å². The summed E-state index contributed by atoms with van der Waals surface area (Å²) in [6.45, 7) is 4.95. The highest BCUT2D eigenvalue weighted by Gasteiger charge is 2.34. The Morgan fingerprint density at radius 3 is 2.56 bits per heavy atom. The third-order valence-electron chi connectivity index (χ3n) is 4.82. The minimum atomic E-state index is -0.127. The molecule has 1 aliphatic carbocycles. The Labute approximate surface area is 111 Å². The molecule has 1 saturated heterocycles. The summed E-state index contributed by atoms with van der Waals surface area (Å²) in [4.78, 5) is 12.2. The fraction of sp³-hybridized carbons (Fsp3) is 0.933. The summed E-state index contributed by atoms with van der Waals surface area (Å²) in [6, 6.07) is 0. The number of carbonyl (C=O) groups is 1. The van der Waals surface area contributed by atoms with Crippen molar-refractivity contribution in [3.63, 3.8) is 0 Å². The lowest BCUT2D eigenvalue weighted by Gasteiger charge is -2.32.